The van der Waals surface area contributed by atoms with E-state index in [-0.39, 0.29) is 17.9 Å². The first kappa shape index (κ1) is 17.4. The molecule has 2 aromatic heterocycles. The van der Waals surface area contributed by atoms with Gasteiger partial charge < -0.3 is 5.73 Å². The molecule has 0 radical (unpaired) electrons. The van der Waals surface area contributed by atoms with Gasteiger partial charge in [-0.25, -0.2) is 4.98 Å². The van der Waals surface area contributed by atoms with Crippen molar-refractivity contribution in [1.29, 1.82) is 0 Å². The fourth-order valence-corrected chi connectivity index (χ4v) is 3.92. The third kappa shape index (κ3) is 3.49. The Morgan fingerprint density at radius 3 is 2.64 bits per heavy atom. The van der Waals surface area contributed by atoms with Crippen molar-refractivity contribution in [1.82, 2.24) is 9.55 Å². The zero-order valence-electron chi connectivity index (χ0n) is 14.4. The van der Waals surface area contributed by atoms with Crippen LogP contribution in [0, 0.1) is 6.92 Å². The van der Waals surface area contributed by atoms with E-state index < -0.39 is 0 Å². The Hall–Kier alpha value is -2.47. The zero-order chi connectivity index (χ0) is 18.0. The second-order valence-corrected chi connectivity index (χ2v) is 6.92. The predicted octanol–water partition coefficient (Wildman–Crippen LogP) is 3.26. The molecule has 0 atom stereocenters. The minimum absolute atomic E-state index is 0.0530. The minimum atomic E-state index is -0.355. The lowest BCUT2D eigenvalue weighted by Crippen LogP contribution is -2.24. The number of hydrogen-bond donors (Lipinski definition) is 1. The van der Waals surface area contributed by atoms with E-state index >= 15 is 0 Å². The molecule has 0 bridgehead atoms. The molecule has 0 spiro atoms. The first-order valence-electron chi connectivity index (χ1n) is 8.37. The second kappa shape index (κ2) is 7.19. The van der Waals surface area contributed by atoms with Crippen LogP contribution in [-0.2, 0) is 17.8 Å². The van der Waals surface area contributed by atoms with Crippen LogP contribution in [0.15, 0.2) is 34.4 Å². The molecule has 2 heterocycles. The second-order valence-electron chi connectivity index (χ2n) is 6.07. The number of hydrogen-bond acceptors (Lipinski definition) is 4. The van der Waals surface area contributed by atoms with Gasteiger partial charge in [0.25, 0.3) is 5.56 Å². The maximum absolute atomic E-state index is 13.0. The van der Waals surface area contributed by atoms with Gasteiger partial charge in [-0.15, -0.1) is 11.3 Å². The molecule has 1 amide bonds. The molecule has 0 saturated heterocycles. The quantitative estimate of drug-likeness (QED) is 0.737. The smallest absolute Gasteiger partial charge is 0.262 e. The Labute approximate surface area is 150 Å². The highest BCUT2D eigenvalue weighted by Crippen LogP contribution is 2.31. The van der Waals surface area contributed by atoms with Crippen molar-refractivity contribution in [2.45, 2.75) is 39.7 Å². The molecular weight excluding hydrogens is 334 g/mol. The van der Waals surface area contributed by atoms with Gasteiger partial charge in [-0.05, 0) is 30.9 Å². The van der Waals surface area contributed by atoms with E-state index in [1.807, 2.05) is 12.3 Å². The normalized spacial score (nSPS) is 11.1. The third-order valence-corrected chi connectivity index (χ3v) is 5.23. The van der Waals surface area contributed by atoms with Crippen LogP contribution in [0.5, 0.6) is 0 Å². The summed E-state index contributed by atoms with van der Waals surface area (Å²) in [7, 11) is 0. The number of nitrogens with two attached hydrogens (primary N) is 1. The first-order valence-corrected chi connectivity index (χ1v) is 9.25. The van der Waals surface area contributed by atoms with Gasteiger partial charge in [0.05, 0.1) is 5.39 Å². The molecule has 1 aromatic carbocycles. The van der Waals surface area contributed by atoms with Crippen LogP contribution in [0.2, 0.25) is 0 Å². The van der Waals surface area contributed by atoms with Crippen LogP contribution in [0.25, 0.3) is 21.3 Å². The van der Waals surface area contributed by atoms with Gasteiger partial charge in [-0.2, -0.15) is 0 Å². The molecule has 130 valence electrons. The van der Waals surface area contributed by atoms with E-state index in [4.69, 9.17) is 5.73 Å². The molecule has 0 saturated carbocycles. The van der Waals surface area contributed by atoms with Crippen molar-refractivity contribution in [2.75, 3.05) is 0 Å². The maximum atomic E-state index is 13.0. The van der Waals surface area contributed by atoms with Crippen molar-refractivity contribution < 1.29 is 4.79 Å². The summed E-state index contributed by atoms with van der Waals surface area (Å²) >= 11 is 1.49. The predicted molar refractivity (Wildman–Crippen MR) is 102 cm³/mol. The van der Waals surface area contributed by atoms with Crippen LogP contribution in [0.4, 0.5) is 0 Å². The third-order valence-electron chi connectivity index (χ3n) is 4.36. The molecule has 0 fully saturated rings. The SMILES string of the molecule is CCc1ccc(-c2csc3nc(C)n(CCCC(N)=O)c(=O)c23)cc1. The molecule has 0 unspecified atom stereocenters. The van der Waals surface area contributed by atoms with Gasteiger partial charge in [-0.1, -0.05) is 31.2 Å². The summed E-state index contributed by atoms with van der Waals surface area (Å²) in [6.07, 6.45) is 1.78. The fraction of sp³-hybridized carbons (Fsp3) is 0.316. The maximum Gasteiger partial charge on any atom is 0.262 e. The zero-order valence-corrected chi connectivity index (χ0v) is 15.2. The summed E-state index contributed by atoms with van der Waals surface area (Å²) < 4.78 is 1.64. The van der Waals surface area contributed by atoms with Gasteiger partial charge >= 0.3 is 0 Å². The summed E-state index contributed by atoms with van der Waals surface area (Å²) in [5.74, 6) is 0.309. The molecule has 6 heteroatoms. The molecule has 0 aliphatic carbocycles. The number of benzene rings is 1. The number of rotatable bonds is 6. The molecule has 5 nitrogen and oxygen atoms in total. The van der Waals surface area contributed by atoms with E-state index in [1.165, 1.54) is 16.9 Å². The lowest BCUT2D eigenvalue weighted by Gasteiger charge is -2.09. The van der Waals surface area contributed by atoms with E-state index in [2.05, 4.69) is 36.2 Å². The monoisotopic (exact) mass is 355 g/mol. The highest BCUT2D eigenvalue weighted by molar-refractivity contribution is 7.17. The lowest BCUT2D eigenvalue weighted by molar-refractivity contribution is -0.118. The topological polar surface area (TPSA) is 78.0 Å². The van der Waals surface area contributed by atoms with Gasteiger partial charge in [-0.3, -0.25) is 14.2 Å². The molecule has 3 rings (SSSR count). The number of aromatic nitrogens is 2. The van der Waals surface area contributed by atoms with E-state index in [0.29, 0.717) is 24.2 Å². The van der Waals surface area contributed by atoms with Crippen molar-refractivity contribution in [3.63, 3.8) is 0 Å². The van der Waals surface area contributed by atoms with Gasteiger partial charge in [0.1, 0.15) is 10.7 Å². The van der Waals surface area contributed by atoms with Gasteiger partial charge in [0.2, 0.25) is 5.91 Å². The highest BCUT2D eigenvalue weighted by Gasteiger charge is 2.15. The summed E-state index contributed by atoms with van der Waals surface area (Å²) in [5.41, 5.74) is 8.35. The Bertz CT molecular complexity index is 971. The highest BCUT2D eigenvalue weighted by atomic mass is 32.1. The Morgan fingerprint density at radius 1 is 1.28 bits per heavy atom. The average molecular weight is 355 g/mol. The van der Waals surface area contributed by atoms with Crippen LogP contribution in [0.1, 0.15) is 31.2 Å². The van der Waals surface area contributed by atoms with Crippen LogP contribution in [-0.4, -0.2) is 15.5 Å². The minimum Gasteiger partial charge on any atom is -0.370 e. The largest absolute Gasteiger partial charge is 0.370 e. The van der Waals surface area contributed by atoms with Crippen LogP contribution in [0.3, 0.4) is 0 Å². The molecule has 0 aliphatic heterocycles. The van der Waals surface area contributed by atoms with Crippen molar-refractivity contribution in [2.24, 2.45) is 5.73 Å². The van der Waals surface area contributed by atoms with Crippen molar-refractivity contribution in [3.8, 4) is 11.1 Å². The Balaban J connectivity index is 2.06. The Morgan fingerprint density at radius 2 is 2.00 bits per heavy atom. The van der Waals surface area contributed by atoms with E-state index in [0.717, 1.165) is 22.4 Å². The summed E-state index contributed by atoms with van der Waals surface area (Å²) in [6, 6.07) is 8.28. The number of primary amides is 1. The van der Waals surface area contributed by atoms with Crippen molar-refractivity contribution >= 4 is 27.5 Å². The molecular formula is C19H21N3O2S. The van der Waals surface area contributed by atoms with Crippen LogP contribution >= 0.6 is 11.3 Å². The number of carbonyl (C=O) groups is 1. The molecule has 2 N–H and O–H groups in total. The molecule has 0 aliphatic rings. The summed E-state index contributed by atoms with van der Waals surface area (Å²) in [6.45, 7) is 4.38. The van der Waals surface area contributed by atoms with Crippen LogP contribution < -0.4 is 11.3 Å². The van der Waals surface area contributed by atoms with Gasteiger partial charge in [0.15, 0.2) is 0 Å². The molecule has 3 aromatic rings. The Kier molecular flexibility index (Phi) is 4.99. The summed E-state index contributed by atoms with van der Waals surface area (Å²) in [5, 5.41) is 2.65. The first-order chi connectivity index (χ1) is 12.0. The number of carbonyl (C=O) groups excluding carboxylic acids is 1. The number of nitrogens with zero attached hydrogens (tertiary/aromatic N) is 2. The van der Waals surface area contributed by atoms with Crippen molar-refractivity contribution in [3.05, 3.63) is 51.4 Å². The lowest BCUT2D eigenvalue weighted by atomic mass is 10.0. The number of aryl methyl sites for hydroxylation is 2. The fourth-order valence-electron chi connectivity index (χ4n) is 2.93. The summed E-state index contributed by atoms with van der Waals surface area (Å²) in [4.78, 5) is 29.3. The standard InChI is InChI=1S/C19H21N3O2S/c1-3-13-6-8-14(9-7-13)15-11-25-18-17(15)19(24)22(12(2)21-18)10-4-5-16(20)23/h6-9,11H,3-5,10H2,1-2H3,(H2,20,23). The number of fused-ring (bicyclic) bond motifs is 1. The molecule has 25 heavy (non-hydrogen) atoms. The number of amides is 1. The number of thiophene rings is 1. The average Bonchev–Trinajstić information content (AvgIpc) is 3.01. The van der Waals surface area contributed by atoms with E-state index in [9.17, 15) is 9.59 Å². The van der Waals surface area contributed by atoms with Gasteiger partial charge in [0, 0.05) is 23.9 Å². The van der Waals surface area contributed by atoms with E-state index in [1.54, 1.807) is 4.57 Å².